The van der Waals surface area contributed by atoms with Gasteiger partial charge < -0.3 is 4.84 Å². The number of aryl methyl sites for hydroxylation is 1. The summed E-state index contributed by atoms with van der Waals surface area (Å²) in [7, 11) is 1.73. The molecule has 0 amide bonds. The van der Waals surface area contributed by atoms with E-state index in [9.17, 15) is 4.39 Å². The van der Waals surface area contributed by atoms with Gasteiger partial charge in [-0.1, -0.05) is 12.1 Å². The fourth-order valence-electron chi connectivity index (χ4n) is 1.10. The van der Waals surface area contributed by atoms with Gasteiger partial charge in [0.25, 0.3) is 0 Å². The second-order valence-corrected chi connectivity index (χ2v) is 2.78. The lowest BCUT2D eigenvalue weighted by Gasteiger charge is -2.01. The summed E-state index contributed by atoms with van der Waals surface area (Å²) in [5.74, 6) is -0.185. The summed E-state index contributed by atoms with van der Waals surface area (Å²) >= 11 is 0. The lowest BCUT2D eigenvalue weighted by atomic mass is 10.1. The molecule has 0 saturated carbocycles. The van der Waals surface area contributed by atoms with Gasteiger partial charge in [-0.3, -0.25) is 0 Å². The second-order valence-electron chi connectivity index (χ2n) is 2.78. The Morgan fingerprint density at radius 2 is 2.00 bits per heavy atom. The lowest BCUT2D eigenvalue weighted by Crippen LogP contribution is -2.08. The van der Waals surface area contributed by atoms with Gasteiger partial charge in [-0.05, 0) is 30.5 Å². The first kappa shape index (κ1) is 10.2. The molecule has 13 heavy (non-hydrogen) atoms. The molecular formula is C10H14FNO. The lowest BCUT2D eigenvalue weighted by molar-refractivity contribution is 0.0564. The van der Waals surface area contributed by atoms with Crippen LogP contribution in [0.1, 0.15) is 12.0 Å². The second kappa shape index (κ2) is 5.67. The maximum atomic E-state index is 12.5. The fourth-order valence-corrected chi connectivity index (χ4v) is 1.10. The molecule has 0 aliphatic heterocycles. The zero-order valence-electron chi connectivity index (χ0n) is 7.72. The molecule has 2 nitrogen and oxygen atoms in total. The van der Waals surface area contributed by atoms with Crippen LogP contribution >= 0.6 is 0 Å². The van der Waals surface area contributed by atoms with Gasteiger partial charge in [0.2, 0.25) is 0 Å². The first-order chi connectivity index (χ1) is 6.33. The SMILES string of the molecule is CNOCCCc1ccc(F)cc1. The van der Waals surface area contributed by atoms with Gasteiger partial charge in [0, 0.05) is 7.05 Å². The highest BCUT2D eigenvalue weighted by Crippen LogP contribution is 2.04. The first-order valence-corrected chi connectivity index (χ1v) is 4.36. The van der Waals surface area contributed by atoms with Crippen LogP contribution in [-0.4, -0.2) is 13.7 Å². The van der Waals surface area contributed by atoms with E-state index >= 15 is 0 Å². The summed E-state index contributed by atoms with van der Waals surface area (Å²) in [4.78, 5) is 4.95. The van der Waals surface area contributed by atoms with Crippen molar-refractivity contribution in [2.24, 2.45) is 0 Å². The summed E-state index contributed by atoms with van der Waals surface area (Å²) in [5.41, 5.74) is 3.74. The minimum absolute atomic E-state index is 0.185. The van der Waals surface area contributed by atoms with Crippen molar-refractivity contribution in [3.63, 3.8) is 0 Å². The monoisotopic (exact) mass is 183 g/mol. The van der Waals surface area contributed by atoms with Crippen molar-refractivity contribution in [3.05, 3.63) is 35.6 Å². The average molecular weight is 183 g/mol. The van der Waals surface area contributed by atoms with Crippen LogP contribution in [0.5, 0.6) is 0 Å². The zero-order valence-corrected chi connectivity index (χ0v) is 7.72. The first-order valence-electron chi connectivity index (χ1n) is 4.36. The van der Waals surface area contributed by atoms with E-state index < -0.39 is 0 Å². The number of rotatable bonds is 5. The zero-order chi connectivity index (χ0) is 9.52. The topological polar surface area (TPSA) is 21.3 Å². The number of halogens is 1. The van der Waals surface area contributed by atoms with Crippen molar-refractivity contribution in [2.75, 3.05) is 13.7 Å². The Bertz CT molecular complexity index is 235. The van der Waals surface area contributed by atoms with E-state index in [1.165, 1.54) is 12.1 Å². The number of benzene rings is 1. The summed E-state index contributed by atoms with van der Waals surface area (Å²) in [6.45, 7) is 0.674. The molecule has 1 N–H and O–H groups in total. The van der Waals surface area contributed by atoms with Crippen molar-refractivity contribution in [3.8, 4) is 0 Å². The van der Waals surface area contributed by atoms with Crippen molar-refractivity contribution in [1.82, 2.24) is 5.48 Å². The van der Waals surface area contributed by atoms with Gasteiger partial charge in [-0.25, -0.2) is 9.87 Å². The molecule has 0 aromatic heterocycles. The standard InChI is InChI=1S/C10H14FNO/c1-12-13-8-2-3-9-4-6-10(11)7-5-9/h4-7,12H,2-3,8H2,1H3. The Labute approximate surface area is 77.7 Å². The van der Waals surface area contributed by atoms with Crippen LogP contribution in [0.2, 0.25) is 0 Å². The highest BCUT2D eigenvalue weighted by atomic mass is 19.1. The van der Waals surface area contributed by atoms with Gasteiger partial charge in [0.15, 0.2) is 0 Å². The average Bonchev–Trinajstić information content (AvgIpc) is 2.15. The Balaban J connectivity index is 2.25. The van der Waals surface area contributed by atoms with E-state index in [4.69, 9.17) is 4.84 Å². The molecule has 0 bridgehead atoms. The van der Waals surface area contributed by atoms with Crippen LogP contribution in [0.4, 0.5) is 4.39 Å². The van der Waals surface area contributed by atoms with Gasteiger partial charge >= 0.3 is 0 Å². The van der Waals surface area contributed by atoms with E-state index in [2.05, 4.69) is 5.48 Å². The van der Waals surface area contributed by atoms with Gasteiger partial charge in [-0.15, -0.1) is 0 Å². The third-order valence-corrected chi connectivity index (χ3v) is 1.77. The quantitative estimate of drug-likeness (QED) is 0.556. The van der Waals surface area contributed by atoms with E-state index in [1.54, 1.807) is 19.2 Å². The Morgan fingerprint density at radius 3 is 2.62 bits per heavy atom. The highest BCUT2D eigenvalue weighted by molar-refractivity contribution is 5.15. The van der Waals surface area contributed by atoms with Crippen molar-refractivity contribution in [1.29, 1.82) is 0 Å². The van der Waals surface area contributed by atoms with Gasteiger partial charge in [0.05, 0.1) is 6.61 Å². The molecule has 0 saturated heterocycles. The molecule has 0 atom stereocenters. The highest BCUT2D eigenvalue weighted by Gasteiger charge is 1.93. The maximum Gasteiger partial charge on any atom is 0.123 e. The normalized spacial score (nSPS) is 10.3. The number of hydrogen-bond donors (Lipinski definition) is 1. The molecule has 0 spiro atoms. The van der Waals surface area contributed by atoms with Crippen LogP contribution < -0.4 is 5.48 Å². The van der Waals surface area contributed by atoms with Crippen molar-refractivity contribution in [2.45, 2.75) is 12.8 Å². The number of hydrogen-bond acceptors (Lipinski definition) is 2. The molecule has 1 aromatic carbocycles. The predicted octanol–water partition coefficient (Wildman–Crippen LogP) is 1.91. The van der Waals surface area contributed by atoms with Gasteiger partial charge in [-0.2, -0.15) is 0 Å². The minimum Gasteiger partial charge on any atom is -0.302 e. The molecule has 0 fully saturated rings. The molecule has 3 heteroatoms. The molecular weight excluding hydrogens is 169 g/mol. The summed E-state index contributed by atoms with van der Waals surface area (Å²) in [6, 6.07) is 6.56. The molecule has 0 radical (unpaired) electrons. The van der Waals surface area contributed by atoms with E-state index in [-0.39, 0.29) is 5.82 Å². The molecule has 1 rings (SSSR count). The van der Waals surface area contributed by atoms with Crippen molar-refractivity contribution >= 4 is 0 Å². The fraction of sp³-hybridized carbons (Fsp3) is 0.400. The molecule has 0 heterocycles. The van der Waals surface area contributed by atoms with Crippen LogP contribution in [-0.2, 0) is 11.3 Å². The van der Waals surface area contributed by atoms with Crippen LogP contribution in [0.25, 0.3) is 0 Å². The molecule has 0 aliphatic carbocycles. The van der Waals surface area contributed by atoms with Crippen LogP contribution in [0, 0.1) is 5.82 Å². The summed E-state index contributed by atoms with van der Waals surface area (Å²) in [5, 5.41) is 0. The minimum atomic E-state index is -0.185. The Kier molecular flexibility index (Phi) is 4.43. The maximum absolute atomic E-state index is 12.5. The third kappa shape index (κ3) is 4.01. The largest absolute Gasteiger partial charge is 0.302 e. The Hall–Kier alpha value is -0.930. The van der Waals surface area contributed by atoms with E-state index in [0.29, 0.717) is 6.61 Å². The van der Waals surface area contributed by atoms with Gasteiger partial charge in [0.1, 0.15) is 5.82 Å². The number of hydroxylamine groups is 1. The third-order valence-electron chi connectivity index (χ3n) is 1.77. The predicted molar refractivity (Wildman–Crippen MR) is 49.7 cm³/mol. The molecule has 0 aliphatic rings. The molecule has 1 aromatic rings. The smallest absolute Gasteiger partial charge is 0.123 e. The number of nitrogens with one attached hydrogen (secondary N) is 1. The molecule has 72 valence electrons. The van der Waals surface area contributed by atoms with E-state index in [1.807, 2.05) is 0 Å². The molecule has 0 unspecified atom stereocenters. The van der Waals surface area contributed by atoms with Crippen LogP contribution in [0.3, 0.4) is 0 Å². The van der Waals surface area contributed by atoms with E-state index in [0.717, 1.165) is 18.4 Å². The van der Waals surface area contributed by atoms with Crippen molar-refractivity contribution < 1.29 is 9.23 Å². The van der Waals surface area contributed by atoms with Crippen LogP contribution in [0.15, 0.2) is 24.3 Å². The summed E-state index contributed by atoms with van der Waals surface area (Å²) < 4.78 is 12.5. The Morgan fingerprint density at radius 1 is 1.31 bits per heavy atom. The summed E-state index contributed by atoms with van der Waals surface area (Å²) in [6.07, 6.45) is 1.86.